The maximum atomic E-state index is 3.12. The third-order valence-electron chi connectivity index (χ3n) is 1.46. The molecular weight excluding hydrogens is 124 g/mol. The topological polar surface area (TPSA) is 50.8 Å². The normalized spacial score (nSPS) is 9.20. The first kappa shape index (κ1) is 6.83. The van der Waals surface area contributed by atoms with Crippen LogP contribution in [0.3, 0.4) is 0 Å². The SMILES string of the molecule is N.c1ccc2[nH]ccc2c1. The molecule has 0 spiro atoms. The lowest BCUT2D eigenvalue weighted by Crippen LogP contribution is -1.61. The Balaban J connectivity index is 0.000000500. The van der Waals surface area contributed by atoms with Crippen molar-refractivity contribution in [2.24, 2.45) is 0 Å². The van der Waals surface area contributed by atoms with Crippen molar-refractivity contribution in [1.82, 2.24) is 11.1 Å². The second kappa shape index (κ2) is 2.54. The van der Waals surface area contributed by atoms with Crippen LogP contribution in [0.1, 0.15) is 0 Å². The van der Waals surface area contributed by atoms with Crippen molar-refractivity contribution in [3.63, 3.8) is 0 Å². The van der Waals surface area contributed by atoms with Crippen LogP contribution >= 0.6 is 0 Å². The predicted octanol–water partition coefficient (Wildman–Crippen LogP) is 2.33. The van der Waals surface area contributed by atoms with E-state index in [9.17, 15) is 0 Å². The molecule has 0 fully saturated rings. The van der Waals surface area contributed by atoms with Gasteiger partial charge in [-0.3, -0.25) is 0 Å². The molecule has 2 aromatic rings. The van der Waals surface area contributed by atoms with E-state index in [0.717, 1.165) is 0 Å². The van der Waals surface area contributed by atoms with Crippen LogP contribution in [0.5, 0.6) is 0 Å². The van der Waals surface area contributed by atoms with E-state index in [1.54, 1.807) is 0 Å². The largest absolute Gasteiger partial charge is 0.361 e. The molecule has 0 bridgehead atoms. The molecule has 52 valence electrons. The number of para-hydroxylation sites is 1. The van der Waals surface area contributed by atoms with Gasteiger partial charge in [-0.05, 0) is 17.5 Å². The van der Waals surface area contributed by atoms with Crippen LogP contribution in [0.2, 0.25) is 0 Å². The molecule has 1 heterocycles. The quantitative estimate of drug-likeness (QED) is 0.570. The smallest absolute Gasteiger partial charge is 0.0453 e. The Bertz CT molecular complexity index is 281. The average molecular weight is 134 g/mol. The molecule has 1 aromatic carbocycles. The molecule has 0 unspecified atom stereocenters. The van der Waals surface area contributed by atoms with Crippen LogP contribution in [0.4, 0.5) is 0 Å². The molecule has 0 saturated carbocycles. The summed E-state index contributed by atoms with van der Waals surface area (Å²) in [4.78, 5) is 3.12. The van der Waals surface area contributed by atoms with Gasteiger partial charge in [0.1, 0.15) is 0 Å². The predicted molar refractivity (Wildman–Crippen MR) is 43.3 cm³/mol. The Labute approximate surface area is 59.5 Å². The molecular formula is C8H10N2. The Morgan fingerprint density at radius 1 is 1.00 bits per heavy atom. The maximum absolute atomic E-state index is 3.12. The fourth-order valence-corrected chi connectivity index (χ4v) is 0.995. The molecule has 10 heavy (non-hydrogen) atoms. The summed E-state index contributed by atoms with van der Waals surface area (Å²) in [6, 6.07) is 10.3. The second-order valence-corrected chi connectivity index (χ2v) is 2.06. The minimum absolute atomic E-state index is 0. The van der Waals surface area contributed by atoms with E-state index in [-0.39, 0.29) is 6.15 Å². The number of hydrogen-bond donors (Lipinski definition) is 2. The summed E-state index contributed by atoms with van der Waals surface area (Å²) >= 11 is 0. The van der Waals surface area contributed by atoms with Crippen LogP contribution in [0, 0.1) is 0 Å². The van der Waals surface area contributed by atoms with Gasteiger partial charge in [0.05, 0.1) is 0 Å². The summed E-state index contributed by atoms with van der Waals surface area (Å²) in [5, 5.41) is 1.28. The van der Waals surface area contributed by atoms with Gasteiger partial charge in [0.25, 0.3) is 0 Å². The molecule has 0 radical (unpaired) electrons. The van der Waals surface area contributed by atoms with Gasteiger partial charge in [-0.2, -0.15) is 0 Å². The molecule has 0 amide bonds. The van der Waals surface area contributed by atoms with Crippen LogP contribution in [-0.2, 0) is 0 Å². The summed E-state index contributed by atoms with van der Waals surface area (Å²) in [6.45, 7) is 0. The van der Waals surface area contributed by atoms with Gasteiger partial charge < -0.3 is 11.1 Å². The zero-order chi connectivity index (χ0) is 6.10. The van der Waals surface area contributed by atoms with E-state index in [1.165, 1.54) is 10.9 Å². The summed E-state index contributed by atoms with van der Waals surface area (Å²) in [5.74, 6) is 0. The first-order valence-electron chi connectivity index (χ1n) is 2.99. The van der Waals surface area contributed by atoms with E-state index in [0.29, 0.717) is 0 Å². The summed E-state index contributed by atoms with van der Waals surface area (Å²) in [7, 11) is 0. The van der Waals surface area contributed by atoms with Gasteiger partial charge in [-0.25, -0.2) is 0 Å². The molecule has 4 N–H and O–H groups in total. The number of aromatic nitrogens is 1. The fraction of sp³-hybridized carbons (Fsp3) is 0. The maximum Gasteiger partial charge on any atom is 0.0453 e. The Morgan fingerprint density at radius 3 is 2.60 bits per heavy atom. The summed E-state index contributed by atoms with van der Waals surface area (Å²) < 4.78 is 0. The van der Waals surface area contributed by atoms with Crippen molar-refractivity contribution in [2.45, 2.75) is 0 Å². The van der Waals surface area contributed by atoms with Gasteiger partial charge in [0.2, 0.25) is 0 Å². The fourth-order valence-electron chi connectivity index (χ4n) is 0.995. The Morgan fingerprint density at radius 2 is 1.80 bits per heavy atom. The highest BCUT2D eigenvalue weighted by Crippen LogP contribution is 2.09. The molecule has 0 atom stereocenters. The van der Waals surface area contributed by atoms with Crippen LogP contribution < -0.4 is 6.15 Å². The van der Waals surface area contributed by atoms with Crippen molar-refractivity contribution >= 4 is 10.9 Å². The molecule has 2 heteroatoms. The van der Waals surface area contributed by atoms with Gasteiger partial charge >= 0.3 is 0 Å². The molecule has 0 aliphatic carbocycles. The third-order valence-corrected chi connectivity index (χ3v) is 1.46. The van der Waals surface area contributed by atoms with Gasteiger partial charge in [0, 0.05) is 11.7 Å². The van der Waals surface area contributed by atoms with E-state index in [1.807, 2.05) is 18.3 Å². The number of fused-ring (bicyclic) bond motifs is 1. The average Bonchev–Trinajstić information content (AvgIpc) is 2.33. The number of rotatable bonds is 0. The Kier molecular flexibility index (Phi) is 1.73. The number of hydrogen-bond acceptors (Lipinski definition) is 1. The lowest BCUT2D eigenvalue weighted by atomic mass is 10.3. The summed E-state index contributed by atoms with van der Waals surface area (Å²) in [6.07, 6.45) is 1.95. The minimum atomic E-state index is 0. The summed E-state index contributed by atoms with van der Waals surface area (Å²) in [5.41, 5.74) is 1.21. The minimum Gasteiger partial charge on any atom is -0.361 e. The van der Waals surface area contributed by atoms with Crippen molar-refractivity contribution < 1.29 is 0 Å². The van der Waals surface area contributed by atoms with Crippen LogP contribution in [0.25, 0.3) is 10.9 Å². The molecule has 0 saturated heterocycles. The molecule has 0 aliphatic heterocycles. The number of H-pyrrole nitrogens is 1. The highest BCUT2D eigenvalue weighted by Gasteiger charge is 1.86. The van der Waals surface area contributed by atoms with E-state index < -0.39 is 0 Å². The Hall–Kier alpha value is -1.28. The monoisotopic (exact) mass is 134 g/mol. The second-order valence-electron chi connectivity index (χ2n) is 2.06. The van der Waals surface area contributed by atoms with Crippen molar-refractivity contribution in [3.8, 4) is 0 Å². The first-order chi connectivity index (χ1) is 4.47. The van der Waals surface area contributed by atoms with Crippen LogP contribution in [-0.4, -0.2) is 4.98 Å². The van der Waals surface area contributed by atoms with Gasteiger partial charge in [-0.1, -0.05) is 18.2 Å². The zero-order valence-corrected chi connectivity index (χ0v) is 5.67. The number of nitrogens with one attached hydrogen (secondary N) is 1. The molecule has 0 aliphatic rings. The molecule has 2 rings (SSSR count). The lowest BCUT2D eigenvalue weighted by molar-refractivity contribution is 1.48. The van der Waals surface area contributed by atoms with Crippen molar-refractivity contribution in [1.29, 1.82) is 0 Å². The standard InChI is InChI=1S/C8H7N.H3N/c1-2-4-8-7(3-1)5-6-9-8;/h1-6,9H;1H3. The van der Waals surface area contributed by atoms with Crippen molar-refractivity contribution in [2.75, 3.05) is 0 Å². The van der Waals surface area contributed by atoms with E-state index in [2.05, 4.69) is 23.2 Å². The first-order valence-corrected chi connectivity index (χ1v) is 2.99. The highest BCUT2D eigenvalue weighted by atomic mass is 14.6. The third kappa shape index (κ3) is 0.890. The van der Waals surface area contributed by atoms with E-state index >= 15 is 0 Å². The zero-order valence-electron chi connectivity index (χ0n) is 5.67. The number of aromatic amines is 1. The lowest BCUT2D eigenvalue weighted by Gasteiger charge is -1.83. The van der Waals surface area contributed by atoms with E-state index in [4.69, 9.17) is 0 Å². The molecule has 2 nitrogen and oxygen atoms in total. The van der Waals surface area contributed by atoms with Crippen LogP contribution in [0.15, 0.2) is 36.5 Å². The van der Waals surface area contributed by atoms with Crippen molar-refractivity contribution in [3.05, 3.63) is 36.5 Å². The van der Waals surface area contributed by atoms with Gasteiger partial charge in [-0.15, -0.1) is 0 Å². The molecule has 1 aromatic heterocycles. The number of benzene rings is 1. The highest BCUT2D eigenvalue weighted by molar-refractivity contribution is 5.78. The van der Waals surface area contributed by atoms with Gasteiger partial charge in [0.15, 0.2) is 0 Å².